The molecule has 4 aromatic heterocycles. The number of rotatable bonds is 5. The van der Waals surface area contributed by atoms with E-state index in [1.807, 2.05) is 36.4 Å². The summed E-state index contributed by atoms with van der Waals surface area (Å²) in [5.41, 5.74) is 8.07. The number of nitrogens with two attached hydrogens (primary N) is 1. The Hall–Kier alpha value is -4.07. The molecule has 6 rings (SSSR count). The molecule has 1 fully saturated rings. The van der Waals surface area contributed by atoms with E-state index in [0.717, 1.165) is 5.69 Å². The number of anilines is 2. The van der Waals surface area contributed by atoms with Crippen molar-refractivity contribution in [3.05, 3.63) is 80.9 Å². The zero-order valence-corrected chi connectivity index (χ0v) is 23.2. The maximum atomic E-state index is 14.3. The Morgan fingerprint density at radius 3 is 2.66 bits per heavy atom. The first-order valence-electron chi connectivity index (χ1n) is 12.1. The number of aromatic nitrogens is 7. The molecule has 12 heteroatoms. The molecular formula is C26H26IN9O2. The number of Topliss-reactive ketones (excluding diaryl/α,β-unsaturated/α-hetero) is 1. The number of benzene rings is 1. The van der Waals surface area contributed by atoms with Crippen LogP contribution < -0.4 is 14.4 Å². The van der Waals surface area contributed by atoms with E-state index in [1.165, 1.54) is 13.1 Å². The summed E-state index contributed by atoms with van der Waals surface area (Å²) < 4.78 is 6.50. The molecule has 5 aromatic rings. The summed E-state index contributed by atoms with van der Waals surface area (Å²) in [6, 6.07) is 11.4. The van der Waals surface area contributed by atoms with Crippen LogP contribution in [0.2, 0.25) is 0 Å². The van der Waals surface area contributed by atoms with E-state index in [1.54, 1.807) is 27.7 Å². The molecule has 2 unspecified atom stereocenters. The number of para-hydroxylation sites is 1. The standard InChI is InChI=1S/C26H26IN9O2/c1-15-14-34(23-20(17(3)37)13-31-26(28)32-23)27(16(15)2)25-33-35-12-9-19(22-29-10-11-30-22)21(35)24(38)36(25)18-7-5-4-6-8-18/h4-13,15-16H,14H2,1-3H3,(H,29,30)(H2,28,31,32). The Labute approximate surface area is 225 Å². The van der Waals surface area contributed by atoms with Gasteiger partial charge in [-0.05, 0) is 0 Å². The van der Waals surface area contributed by atoms with Crippen LogP contribution in [0.1, 0.15) is 31.1 Å². The number of alkyl halides is 1. The molecule has 1 aliphatic heterocycles. The van der Waals surface area contributed by atoms with E-state index in [4.69, 9.17) is 10.8 Å². The van der Waals surface area contributed by atoms with Gasteiger partial charge in [0.15, 0.2) is 0 Å². The second-order valence-corrected chi connectivity index (χ2v) is 15.0. The fourth-order valence-electron chi connectivity index (χ4n) is 4.67. The molecule has 0 saturated carbocycles. The number of halogens is 1. The van der Waals surface area contributed by atoms with E-state index < -0.39 is 20.1 Å². The molecule has 0 amide bonds. The molecule has 0 radical (unpaired) electrons. The predicted octanol–water partition coefficient (Wildman–Crippen LogP) is 3.59. The van der Waals surface area contributed by atoms with Crippen LogP contribution in [0.5, 0.6) is 0 Å². The molecule has 38 heavy (non-hydrogen) atoms. The Bertz CT molecular complexity index is 1710. The van der Waals surface area contributed by atoms with E-state index in [0.29, 0.717) is 38.7 Å². The summed E-state index contributed by atoms with van der Waals surface area (Å²) in [5, 5.41) is 5.09. The van der Waals surface area contributed by atoms with Gasteiger partial charge in [-0.1, -0.05) is 0 Å². The van der Waals surface area contributed by atoms with Gasteiger partial charge in [0.2, 0.25) is 0 Å². The van der Waals surface area contributed by atoms with Gasteiger partial charge in [-0.3, -0.25) is 0 Å². The zero-order chi connectivity index (χ0) is 26.6. The molecular weight excluding hydrogens is 597 g/mol. The fourth-order valence-corrected chi connectivity index (χ4v) is 11.9. The molecule has 11 nitrogen and oxygen atoms in total. The summed E-state index contributed by atoms with van der Waals surface area (Å²) in [7, 11) is 0. The second kappa shape index (κ2) is 9.35. The van der Waals surface area contributed by atoms with E-state index in [9.17, 15) is 9.59 Å². The number of aromatic amines is 1. The molecule has 1 aromatic carbocycles. The van der Waals surface area contributed by atoms with Gasteiger partial charge < -0.3 is 0 Å². The van der Waals surface area contributed by atoms with Gasteiger partial charge in [-0.2, -0.15) is 0 Å². The summed E-state index contributed by atoms with van der Waals surface area (Å²) in [6.07, 6.45) is 6.67. The van der Waals surface area contributed by atoms with Crippen molar-refractivity contribution >= 4 is 43.2 Å². The first kappa shape index (κ1) is 24.3. The van der Waals surface area contributed by atoms with E-state index in [-0.39, 0.29) is 27.1 Å². The normalized spacial score (nSPS) is 18.4. The van der Waals surface area contributed by atoms with E-state index >= 15 is 0 Å². The Morgan fingerprint density at radius 1 is 1.16 bits per heavy atom. The fraction of sp³-hybridized carbons (Fsp3) is 0.231. The van der Waals surface area contributed by atoms with Crippen molar-refractivity contribution in [2.45, 2.75) is 24.7 Å². The minimum atomic E-state index is -2.52. The van der Waals surface area contributed by atoms with Crippen LogP contribution in [0.3, 0.4) is 0 Å². The van der Waals surface area contributed by atoms with Crippen molar-refractivity contribution in [2.24, 2.45) is 5.92 Å². The number of hydrogen-bond donors (Lipinski definition) is 2. The average Bonchev–Trinajstić information content (AvgIpc) is 3.64. The van der Waals surface area contributed by atoms with Crippen molar-refractivity contribution in [3.63, 3.8) is 0 Å². The van der Waals surface area contributed by atoms with Crippen LogP contribution in [0, 0.1) is 9.75 Å². The molecule has 5 heterocycles. The van der Waals surface area contributed by atoms with Crippen LogP contribution in [0.4, 0.5) is 11.8 Å². The molecule has 0 aliphatic carbocycles. The number of hydrogen-bond acceptors (Lipinski definition) is 8. The minimum absolute atomic E-state index is 0.102. The maximum absolute atomic E-state index is 14.3. The number of fused-ring (bicyclic) bond motifs is 1. The molecule has 0 bridgehead atoms. The van der Waals surface area contributed by atoms with Gasteiger partial charge in [0.25, 0.3) is 0 Å². The summed E-state index contributed by atoms with van der Waals surface area (Å²) in [4.78, 5) is 42.9. The molecule has 1 saturated heterocycles. The Balaban J connectivity index is 1.64. The van der Waals surface area contributed by atoms with E-state index in [2.05, 4.69) is 36.9 Å². The summed E-state index contributed by atoms with van der Waals surface area (Å²) in [5.74, 6) is 1.37. The summed E-state index contributed by atoms with van der Waals surface area (Å²) >= 11 is -2.52. The van der Waals surface area contributed by atoms with Crippen LogP contribution in [-0.2, 0) is 0 Å². The van der Waals surface area contributed by atoms with Gasteiger partial charge in [-0.25, -0.2) is 0 Å². The second-order valence-electron chi connectivity index (χ2n) is 9.22. The van der Waals surface area contributed by atoms with Crippen molar-refractivity contribution in [2.75, 3.05) is 15.4 Å². The third-order valence-corrected chi connectivity index (χ3v) is 13.6. The zero-order valence-electron chi connectivity index (χ0n) is 21.0. The molecule has 194 valence electrons. The van der Waals surface area contributed by atoms with Crippen LogP contribution in [-0.4, -0.2) is 50.4 Å². The van der Waals surface area contributed by atoms with Crippen molar-refractivity contribution < 1.29 is 4.79 Å². The van der Waals surface area contributed by atoms with Crippen LogP contribution >= 0.6 is 20.1 Å². The van der Waals surface area contributed by atoms with Gasteiger partial charge in [0, 0.05) is 0 Å². The molecule has 0 spiro atoms. The molecule has 2 atom stereocenters. The topological polar surface area (TPSA) is 140 Å². The third kappa shape index (κ3) is 3.86. The number of nitrogens with zero attached hydrogens (tertiary/aromatic N) is 7. The quantitative estimate of drug-likeness (QED) is 0.131. The number of H-pyrrole nitrogens is 1. The van der Waals surface area contributed by atoms with Gasteiger partial charge in [0.05, 0.1) is 0 Å². The van der Waals surface area contributed by atoms with Crippen LogP contribution in [0.15, 0.2) is 66.0 Å². The Kier molecular flexibility index (Phi) is 5.97. The molecule has 1 aliphatic rings. The number of imidazole rings is 1. The van der Waals surface area contributed by atoms with Crippen molar-refractivity contribution in [3.8, 4) is 17.1 Å². The number of nitrogens with one attached hydrogen (secondary N) is 1. The number of carbonyl (C=O) groups is 1. The monoisotopic (exact) mass is 623 g/mol. The first-order chi connectivity index (χ1) is 18.3. The Morgan fingerprint density at radius 2 is 1.95 bits per heavy atom. The SMILES string of the molecule is CC(=O)c1cnc(N)nc1N1CC(C)C(C)I1c1nn2ccc(-c3ncc[nH]3)c2c(=O)n1-c1ccccc1. The predicted molar refractivity (Wildman–Crippen MR) is 154 cm³/mol. The average molecular weight is 623 g/mol. The van der Waals surface area contributed by atoms with Crippen molar-refractivity contribution in [1.82, 2.24) is 34.1 Å². The van der Waals surface area contributed by atoms with Gasteiger partial charge >= 0.3 is 226 Å². The van der Waals surface area contributed by atoms with Crippen molar-refractivity contribution in [1.29, 1.82) is 0 Å². The molecule has 3 N–H and O–H groups in total. The van der Waals surface area contributed by atoms with Gasteiger partial charge in [0.1, 0.15) is 0 Å². The van der Waals surface area contributed by atoms with Gasteiger partial charge in [-0.15, -0.1) is 0 Å². The number of ketones is 1. The number of carbonyl (C=O) groups excluding carboxylic acids is 1. The first-order valence-corrected chi connectivity index (χ1v) is 15.4. The summed E-state index contributed by atoms with van der Waals surface area (Å²) in [6.45, 7) is 6.55. The number of nitrogen functional groups attached to an aromatic ring is 1. The van der Waals surface area contributed by atoms with Crippen LogP contribution in [0.25, 0.3) is 22.6 Å². The third-order valence-electron chi connectivity index (χ3n) is 6.76.